The van der Waals surface area contributed by atoms with Crippen molar-refractivity contribution in [2.45, 2.75) is 24.8 Å². The van der Waals surface area contributed by atoms with Gasteiger partial charge in [-0.25, -0.2) is 9.18 Å². The van der Waals surface area contributed by atoms with E-state index in [9.17, 15) is 23.6 Å². The summed E-state index contributed by atoms with van der Waals surface area (Å²) in [5, 5.41) is 4.99. The Hall–Kier alpha value is -3.75. The molecule has 0 saturated heterocycles. The minimum Gasteiger partial charge on any atom is -0.467 e. The smallest absolute Gasteiger partial charge is 0.328 e. The fourth-order valence-electron chi connectivity index (χ4n) is 3.31. The highest BCUT2D eigenvalue weighted by Crippen LogP contribution is 2.33. The van der Waals surface area contributed by atoms with Crippen LogP contribution in [0, 0.1) is 5.82 Å². The standard InChI is InChI=1S/C22H21FN2O6/c1-30-22(29)18(9-13-5-3-2-4-6-13)25-20(27)12-31-21(28)16-11-19(26)24-17-10-14(23)7-8-15(16)17/h2-8,10,16,18H,9,11-12H2,1H3,(H,24,26)(H,25,27). The number of fused-ring (bicyclic) bond motifs is 1. The third-order valence-electron chi connectivity index (χ3n) is 4.79. The number of rotatable bonds is 7. The molecule has 1 aliphatic heterocycles. The maximum Gasteiger partial charge on any atom is 0.328 e. The monoisotopic (exact) mass is 428 g/mol. The van der Waals surface area contributed by atoms with E-state index in [0.717, 1.165) is 11.6 Å². The second-order valence-corrected chi connectivity index (χ2v) is 6.98. The summed E-state index contributed by atoms with van der Waals surface area (Å²) in [7, 11) is 1.21. The molecule has 2 atom stereocenters. The molecule has 2 aromatic carbocycles. The number of halogens is 1. The molecule has 1 aliphatic rings. The zero-order valence-electron chi connectivity index (χ0n) is 16.7. The Morgan fingerprint density at radius 3 is 2.65 bits per heavy atom. The molecule has 0 radical (unpaired) electrons. The van der Waals surface area contributed by atoms with Gasteiger partial charge in [0.15, 0.2) is 6.61 Å². The van der Waals surface area contributed by atoms with E-state index in [-0.39, 0.29) is 18.5 Å². The van der Waals surface area contributed by atoms with Gasteiger partial charge in [-0.15, -0.1) is 0 Å². The fraction of sp³-hybridized carbons (Fsp3) is 0.273. The number of benzene rings is 2. The van der Waals surface area contributed by atoms with Gasteiger partial charge in [0.1, 0.15) is 11.9 Å². The number of methoxy groups -OCH3 is 1. The summed E-state index contributed by atoms with van der Waals surface area (Å²) in [5.74, 6) is -4.10. The summed E-state index contributed by atoms with van der Waals surface area (Å²) < 4.78 is 23.2. The molecule has 0 bridgehead atoms. The Morgan fingerprint density at radius 2 is 1.94 bits per heavy atom. The van der Waals surface area contributed by atoms with Crippen LogP contribution in [0.1, 0.15) is 23.5 Å². The van der Waals surface area contributed by atoms with Crippen molar-refractivity contribution in [2.75, 3.05) is 19.0 Å². The van der Waals surface area contributed by atoms with Crippen LogP contribution in [-0.4, -0.2) is 43.5 Å². The predicted octanol–water partition coefficient (Wildman–Crippen LogP) is 1.70. The number of hydrogen-bond acceptors (Lipinski definition) is 6. The van der Waals surface area contributed by atoms with Gasteiger partial charge in [-0.05, 0) is 23.3 Å². The van der Waals surface area contributed by atoms with E-state index < -0.39 is 48.1 Å². The Bertz CT molecular complexity index is 995. The lowest BCUT2D eigenvalue weighted by Crippen LogP contribution is -2.45. The van der Waals surface area contributed by atoms with Gasteiger partial charge in [-0.1, -0.05) is 36.4 Å². The summed E-state index contributed by atoms with van der Waals surface area (Å²) in [6.07, 6.45) is 0.0206. The van der Waals surface area contributed by atoms with Crippen molar-refractivity contribution in [3.63, 3.8) is 0 Å². The normalized spacial score (nSPS) is 15.8. The van der Waals surface area contributed by atoms with Crippen molar-refractivity contribution in [2.24, 2.45) is 0 Å². The number of amides is 2. The van der Waals surface area contributed by atoms with Gasteiger partial charge in [-0.3, -0.25) is 14.4 Å². The largest absolute Gasteiger partial charge is 0.467 e. The number of anilines is 1. The molecule has 0 spiro atoms. The summed E-state index contributed by atoms with van der Waals surface area (Å²) in [6.45, 7) is -0.643. The lowest BCUT2D eigenvalue weighted by atomic mass is 9.90. The zero-order chi connectivity index (χ0) is 22.4. The molecule has 1 heterocycles. The molecule has 3 rings (SSSR count). The van der Waals surface area contributed by atoms with Gasteiger partial charge >= 0.3 is 11.9 Å². The second-order valence-electron chi connectivity index (χ2n) is 6.98. The fourth-order valence-corrected chi connectivity index (χ4v) is 3.31. The Balaban J connectivity index is 1.61. The van der Waals surface area contributed by atoms with Crippen LogP contribution in [0.4, 0.5) is 10.1 Å². The quantitative estimate of drug-likeness (QED) is 0.650. The van der Waals surface area contributed by atoms with Gasteiger partial charge in [0.05, 0.1) is 13.0 Å². The average Bonchev–Trinajstić information content (AvgIpc) is 2.76. The van der Waals surface area contributed by atoms with Crippen molar-refractivity contribution < 1.29 is 33.0 Å². The van der Waals surface area contributed by atoms with Gasteiger partial charge < -0.3 is 20.1 Å². The van der Waals surface area contributed by atoms with Crippen LogP contribution >= 0.6 is 0 Å². The molecule has 0 aliphatic carbocycles. The van der Waals surface area contributed by atoms with Crippen molar-refractivity contribution >= 4 is 29.4 Å². The van der Waals surface area contributed by atoms with E-state index in [0.29, 0.717) is 5.56 Å². The molecule has 2 unspecified atom stereocenters. The SMILES string of the molecule is COC(=O)C(Cc1ccccc1)NC(=O)COC(=O)C1CC(=O)Nc2cc(F)ccc21. The highest BCUT2D eigenvalue weighted by atomic mass is 19.1. The van der Waals surface area contributed by atoms with Gasteiger partial charge in [-0.2, -0.15) is 0 Å². The minimum atomic E-state index is -0.960. The van der Waals surface area contributed by atoms with E-state index in [1.807, 2.05) is 6.07 Å². The van der Waals surface area contributed by atoms with Crippen molar-refractivity contribution in [1.29, 1.82) is 0 Å². The second kappa shape index (κ2) is 9.84. The molecule has 0 saturated carbocycles. The third-order valence-corrected chi connectivity index (χ3v) is 4.79. The number of ether oxygens (including phenoxy) is 2. The Morgan fingerprint density at radius 1 is 1.19 bits per heavy atom. The molecule has 31 heavy (non-hydrogen) atoms. The molecular formula is C22H21FN2O6. The summed E-state index contributed by atoms with van der Waals surface area (Å²) in [4.78, 5) is 48.6. The molecule has 2 aromatic rings. The first kappa shape index (κ1) is 21.9. The molecule has 2 amide bonds. The first-order valence-corrected chi connectivity index (χ1v) is 9.54. The lowest BCUT2D eigenvalue weighted by Gasteiger charge is -2.24. The number of carbonyl (C=O) groups excluding carboxylic acids is 4. The van der Waals surface area contributed by atoms with Crippen LogP contribution in [0.25, 0.3) is 0 Å². The van der Waals surface area contributed by atoms with Crippen LogP contribution in [0.5, 0.6) is 0 Å². The molecule has 2 N–H and O–H groups in total. The van der Waals surface area contributed by atoms with E-state index >= 15 is 0 Å². The average molecular weight is 428 g/mol. The van der Waals surface area contributed by atoms with Crippen LogP contribution in [-0.2, 0) is 35.1 Å². The summed E-state index contributed by atoms with van der Waals surface area (Å²) >= 11 is 0. The zero-order valence-corrected chi connectivity index (χ0v) is 16.7. The van der Waals surface area contributed by atoms with Gasteiger partial charge in [0, 0.05) is 18.5 Å². The first-order valence-electron chi connectivity index (χ1n) is 9.54. The summed E-state index contributed by atoms with van der Waals surface area (Å²) in [5.41, 5.74) is 1.41. The van der Waals surface area contributed by atoms with Crippen molar-refractivity contribution in [3.05, 3.63) is 65.5 Å². The lowest BCUT2D eigenvalue weighted by molar-refractivity contribution is -0.152. The minimum absolute atomic E-state index is 0.183. The number of esters is 2. The maximum absolute atomic E-state index is 13.4. The summed E-state index contributed by atoms with van der Waals surface area (Å²) in [6, 6.07) is 11.8. The van der Waals surface area contributed by atoms with Crippen LogP contribution in [0.15, 0.2) is 48.5 Å². The molecule has 9 heteroatoms. The van der Waals surface area contributed by atoms with Gasteiger partial charge in [0.25, 0.3) is 5.91 Å². The number of nitrogens with one attached hydrogen (secondary N) is 2. The van der Waals surface area contributed by atoms with Crippen LogP contribution in [0.3, 0.4) is 0 Å². The maximum atomic E-state index is 13.4. The van der Waals surface area contributed by atoms with Crippen LogP contribution < -0.4 is 10.6 Å². The van der Waals surface area contributed by atoms with Crippen LogP contribution in [0.2, 0.25) is 0 Å². The van der Waals surface area contributed by atoms with Crippen molar-refractivity contribution in [1.82, 2.24) is 5.32 Å². The molecule has 8 nitrogen and oxygen atoms in total. The molecule has 162 valence electrons. The van der Waals surface area contributed by atoms with E-state index in [1.54, 1.807) is 24.3 Å². The molecule has 0 fully saturated rings. The van der Waals surface area contributed by atoms with E-state index in [1.165, 1.54) is 19.2 Å². The predicted molar refractivity (Wildman–Crippen MR) is 107 cm³/mol. The third kappa shape index (κ3) is 5.65. The number of hydrogen-bond donors (Lipinski definition) is 2. The topological polar surface area (TPSA) is 111 Å². The van der Waals surface area contributed by atoms with E-state index in [4.69, 9.17) is 9.47 Å². The number of carbonyl (C=O) groups is 4. The van der Waals surface area contributed by atoms with Gasteiger partial charge in [0.2, 0.25) is 5.91 Å². The highest BCUT2D eigenvalue weighted by Gasteiger charge is 2.32. The van der Waals surface area contributed by atoms with E-state index in [2.05, 4.69) is 10.6 Å². The Labute approximate surface area is 177 Å². The molecular weight excluding hydrogens is 407 g/mol. The van der Waals surface area contributed by atoms with Crippen molar-refractivity contribution in [3.8, 4) is 0 Å². The first-order chi connectivity index (χ1) is 14.9. The highest BCUT2D eigenvalue weighted by molar-refractivity contribution is 6.00. The molecule has 0 aromatic heterocycles. The Kier molecular flexibility index (Phi) is 6.96.